The summed E-state index contributed by atoms with van der Waals surface area (Å²) in [5.74, 6) is 0.856. The van der Waals surface area contributed by atoms with E-state index < -0.39 is 0 Å². The maximum atomic E-state index is 3.51. The Labute approximate surface area is 110 Å². The van der Waals surface area contributed by atoms with Crippen molar-refractivity contribution in [3.8, 4) is 0 Å². The highest BCUT2D eigenvalue weighted by Crippen LogP contribution is 2.19. The van der Waals surface area contributed by atoms with Crippen LogP contribution in [0, 0.1) is 5.92 Å². The lowest BCUT2D eigenvalue weighted by Crippen LogP contribution is -2.02. The summed E-state index contributed by atoms with van der Waals surface area (Å²) in [6.45, 7) is 8.56. The molecule has 0 saturated carbocycles. The van der Waals surface area contributed by atoms with Crippen LogP contribution < -0.4 is 0 Å². The van der Waals surface area contributed by atoms with Gasteiger partial charge in [0.2, 0.25) is 0 Å². The predicted molar refractivity (Wildman–Crippen MR) is 77.9 cm³/mol. The van der Waals surface area contributed by atoms with Gasteiger partial charge in [-0.2, -0.15) is 0 Å². The molecule has 0 spiro atoms. The second kappa shape index (κ2) is 9.89. The Hall–Kier alpha value is -0.300. The average molecular weight is 285 g/mol. The Morgan fingerprint density at radius 3 is 2.38 bits per heavy atom. The van der Waals surface area contributed by atoms with Gasteiger partial charge >= 0.3 is 0 Å². The number of halogens is 1. The zero-order valence-corrected chi connectivity index (χ0v) is 12.7. The molecule has 1 unspecified atom stereocenters. The van der Waals surface area contributed by atoms with Gasteiger partial charge in [0.1, 0.15) is 0 Å². The summed E-state index contributed by atoms with van der Waals surface area (Å²) in [7, 11) is 0. The zero-order chi connectivity index (χ0) is 12.4. The van der Waals surface area contributed by atoms with Crippen LogP contribution in [0.1, 0.15) is 52.5 Å². The van der Waals surface area contributed by atoms with Gasteiger partial charge in [0, 0.05) is 4.47 Å². The van der Waals surface area contributed by atoms with Gasteiger partial charge < -0.3 is 0 Å². The normalized spacial score (nSPS) is 11.6. The second-order valence-corrected chi connectivity index (χ2v) is 4.81. The molecule has 92 valence electrons. The fraction of sp³-hybridized carbons (Fsp3) is 0.600. The van der Waals surface area contributed by atoms with Crippen LogP contribution in [0.3, 0.4) is 0 Å². The molecule has 0 aromatic heterocycles. The molecule has 1 aromatic carbocycles. The highest BCUT2D eigenvalue weighted by Gasteiger charge is 2.06. The second-order valence-electron chi connectivity index (χ2n) is 3.90. The molecule has 1 atom stereocenters. The topological polar surface area (TPSA) is 0 Å². The van der Waals surface area contributed by atoms with E-state index >= 15 is 0 Å². The van der Waals surface area contributed by atoms with Crippen LogP contribution in [0.2, 0.25) is 0 Å². The van der Waals surface area contributed by atoms with Crippen LogP contribution in [0.4, 0.5) is 0 Å². The van der Waals surface area contributed by atoms with Crippen molar-refractivity contribution in [3.05, 3.63) is 34.3 Å². The van der Waals surface area contributed by atoms with Gasteiger partial charge in [0.25, 0.3) is 0 Å². The minimum Gasteiger partial charge on any atom is -0.0683 e. The lowest BCUT2D eigenvalue weighted by molar-refractivity contribution is 0.462. The summed E-state index contributed by atoms with van der Waals surface area (Å²) in [5, 5.41) is 0. The third-order valence-electron chi connectivity index (χ3n) is 2.69. The van der Waals surface area contributed by atoms with E-state index in [1.807, 2.05) is 13.8 Å². The summed E-state index contributed by atoms with van der Waals surface area (Å²) >= 11 is 3.51. The van der Waals surface area contributed by atoms with Crippen LogP contribution in [0.5, 0.6) is 0 Å². The molecule has 0 aliphatic rings. The summed E-state index contributed by atoms with van der Waals surface area (Å²) in [4.78, 5) is 0. The van der Waals surface area contributed by atoms with Crippen molar-refractivity contribution in [2.45, 2.75) is 53.4 Å². The Morgan fingerprint density at radius 2 is 1.88 bits per heavy atom. The number of hydrogen-bond acceptors (Lipinski definition) is 0. The van der Waals surface area contributed by atoms with Gasteiger partial charge in [-0.15, -0.1) is 0 Å². The van der Waals surface area contributed by atoms with Crippen LogP contribution in [-0.2, 0) is 6.42 Å². The SMILES string of the molecule is CC.CCCC(CC)Cc1cccc(Br)c1. The summed E-state index contributed by atoms with van der Waals surface area (Å²) < 4.78 is 1.20. The van der Waals surface area contributed by atoms with Gasteiger partial charge in [0.15, 0.2) is 0 Å². The number of rotatable bonds is 5. The van der Waals surface area contributed by atoms with Crippen molar-refractivity contribution >= 4 is 15.9 Å². The third-order valence-corrected chi connectivity index (χ3v) is 3.18. The van der Waals surface area contributed by atoms with Gasteiger partial charge in [-0.05, 0) is 30.0 Å². The highest BCUT2D eigenvalue weighted by molar-refractivity contribution is 9.10. The van der Waals surface area contributed by atoms with Crippen molar-refractivity contribution < 1.29 is 0 Å². The van der Waals surface area contributed by atoms with Crippen molar-refractivity contribution in [2.75, 3.05) is 0 Å². The minimum atomic E-state index is 0.856. The minimum absolute atomic E-state index is 0.856. The van der Waals surface area contributed by atoms with E-state index in [0.717, 1.165) is 5.92 Å². The molecule has 0 N–H and O–H groups in total. The maximum absolute atomic E-state index is 3.51. The first-order valence-corrected chi connectivity index (χ1v) is 7.30. The molecule has 0 radical (unpaired) electrons. The fourth-order valence-electron chi connectivity index (χ4n) is 1.86. The molecule has 0 heterocycles. The van der Waals surface area contributed by atoms with Crippen LogP contribution in [0.25, 0.3) is 0 Å². The van der Waals surface area contributed by atoms with Crippen LogP contribution >= 0.6 is 15.9 Å². The van der Waals surface area contributed by atoms with E-state index in [0.29, 0.717) is 0 Å². The quantitative estimate of drug-likeness (QED) is 0.637. The monoisotopic (exact) mass is 284 g/mol. The Balaban J connectivity index is 0.00000106. The summed E-state index contributed by atoms with van der Waals surface area (Å²) in [6, 6.07) is 8.67. The largest absolute Gasteiger partial charge is 0.0683 e. The van der Waals surface area contributed by atoms with E-state index in [2.05, 4.69) is 54.0 Å². The van der Waals surface area contributed by atoms with E-state index in [-0.39, 0.29) is 0 Å². The van der Waals surface area contributed by atoms with Gasteiger partial charge in [-0.25, -0.2) is 0 Å². The molecular formula is C15H25Br. The molecule has 0 saturated heterocycles. The van der Waals surface area contributed by atoms with Gasteiger partial charge in [-0.1, -0.05) is 75.0 Å². The molecule has 0 nitrogen and oxygen atoms in total. The maximum Gasteiger partial charge on any atom is 0.0177 e. The molecule has 1 rings (SSSR count). The lowest BCUT2D eigenvalue weighted by Gasteiger charge is -2.13. The lowest BCUT2D eigenvalue weighted by atomic mass is 9.93. The molecule has 0 amide bonds. The number of benzene rings is 1. The standard InChI is InChI=1S/C13H19Br.C2H6/c1-3-6-11(4-2)9-12-7-5-8-13(14)10-12;1-2/h5,7-8,10-11H,3-4,6,9H2,1-2H3;1-2H3. The average Bonchev–Trinajstić information content (AvgIpc) is 2.31. The first-order chi connectivity index (χ1) is 7.76. The van der Waals surface area contributed by atoms with E-state index in [1.165, 1.54) is 35.7 Å². The van der Waals surface area contributed by atoms with Gasteiger partial charge in [-0.3, -0.25) is 0 Å². The molecule has 0 bridgehead atoms. The van der Waals surface area contributed by atoms with Crippen molar-refractivity contribution in [3.63, 3.8) is 0 Å². The Morgan fingerprint density at radius 1 is 1.19 bits per heavy atom. The zero-order valence-electron chi connectivity index (χ0n) is 11.1. The fourth-order valence-corrected chi connectivity index (χ4v) is 2.30. The molecule has 0 aliphatic carbocycles. The van der Waals surface area contributed by atoms with Crippen molar-refractivity contribution in [2.24, 2.45) is 5.92 Å². The third kappa shape index (κ3) is 6.32. The van der Waals surface area contributed by atoms with Crippen LogP contribution in [0.15, 0.2) is 28.7 Å². The molecule has 16 heavy (non-hydrogen) atoms. The Bertz CT molecular complexity index is 268. The van der Waals surface area contributed by atoms with Crippen molar-refractivity contribution in [1.29, 1.82) is 0 Å². The predicted octanol–water partition coefficient (Wildman–Crippen LogP) is 5.84. The smallest absolute Gasteiger partial charge is 0.0177 e. The van der Waals surface area contributed by atoms with E-state index in [4.69, 9.17) is 0 Å². The molecule has 0 aliphatic heterocycles. The first kappa shape index (κ1) is 15.7. The highest BCUT2D eigenvalue weighted by atomic mass is 79.9. The van der Waals surface area contributed by atoms with Gasteiger partial charge in [0.05, 0.1) is 0 Å². The van der Waals surface area contributed by atoms with Crippen LogP contribution in [-0.4, -0.2) is 0 Å². The Kier molecular flexibility index (Phi) is 9.71. The first-order valence-electron chi connectivity index (χ1n) is 6.50. The molecule has 1 aromatic rings. The molecular weight excluding hydrogens is 260 g/mol. The summed E-state index contributed by atoms with van der Waals surface area (Å²) in [5.41, 5.74) is 1.46. The molecule has 1 heteroatoms. The summed E-state index contributed by atoms with van der Waals surface area (Å²) in [6.07, 6.45) is 5.17. The molecule has 0 fully saturated rings. The van der Waals surface area contributed by atoms with Crippen molar-refractivity contribution in [1.82, 2.24) is 0 Å². The van der Waals surface area contributed by atoms with E-state index in [9.17, 15) is 0 Å². The van der Waals surface area contributed by atoms with E-state index in [1.54, 1.807) is 0 Å². The number of hydrogen-bond donors (Lipinski definition) is 0.